The fraction of sp³-hybridized carbons (Fsp3) is 0.185. The highest BCUT2D eigenvalue weighted by atomic mass is 35.5. The highest BCUT2D eigenvalue weighted by molar-refractivity contribution is 7.80. The maximum absolute atomic E-state index is 6.40. The number of halogens is 1. The summed E-state index contributed by atoms with van der Waals surface area (Å²) in [5.74, 6) is 2.07. The lowest BCUT2D eigenvalue weighted by atomic mass is 10.0. The lowest BCUT2D eigenvalue weighted by molar-refractivity contribution is 0.439. The van der Waals surface area contributed by atoms with Crippen molar-refractivity contribution in [1.82, 2.24) is 10.3 Å². The first kappa shape index (κ1) is 21.7. The maximum Gasteiger partial charge on any atom is 0.174 e. The molecule has 6 heteroatoms. The zero-order valence-electron chi connectivity index (χ0n) is 18.4. The summed E-state index contributed by atoms with van der Waals surface area (Å²) in [6.07, 6.45) is 1.80. The molecule has 2 atom stereocenters. The van der Waals surface area contributed by atoms with Gasteiger partial charge >= 0.3 is 0 Å². The lowest BCUT2D eigenvalue weighted by Gasteiger charge is -2.26. The molecule has 0 spiro atoms. The topological polar surface area (TPSA) is 41.3 Å². The van der Waals surface area contributed by atoms with Gasteiger partial charge in [-0.05, 0) is 84.4 Å². The van der Waals surface area contributed by atoms with Crippen LogP contribution in [-0.2, 0) is 0 Å². The van der Waals surface area contributed by atoms with Crippen LogP contribution in [0.15, 0.2) is 89.5 Å². The second kappa shape index (κ2) is 9.00. The number of nitrogens with one attached hydrogen (secondary N) is 1. The van der Waals surface area contributed by atoms with Gasteiger partial charge in [0.1, 0.15) is 17.6 Å². The van der Waals surface area contributed by atoms with Gasteiger partial charge in [0.15, 0.2) is 5.11 Å². The molecule has 33 heavy (non-hydrogen) atoms. The molecule has 5 rings (SSSR count). The largest absolute Gasteiger partial charge is 0.459 e. The number of aromatic nitrogens is 1. The number of thiocarbonyl (C=S) groups is 1. The Morgan fingerprint density at radius 3 is 2.39 bits per heavy atom. The van der Waals surface area contributed by atoms with Gasteiger partial charge in [0.25, 0.3) is 0 Å². The van der Waals surface area contributed by atoms with Gasteiger partial charge in [-0.3, -0.25) is 4.98 Å². The van der Waals surface area contributed by atoms with Crippen LogP contribution in [0, 0.1) is 0 Å². The first-order valence-electron chi connectivity index (χ1n) is 11.0. The van der Waals surface area contributed by atoms with E-state index in [1.165, 1.54) is 5.56 Å². The smallest absolute Gasteiger partial charge is 0.174 e. The molecule has 4 nitrogen and oxygen atoms in total. The Hall–Kier alpha value is -3.15. The van der Waals surface area contributed by atoms with Gasteiger partial charge in [-0.2, -0.15) is 0 Å². The molecule has 1 aliphatic rings. The van der Waals surface area contributed by atoms with E-state index < -0.39 is 0 Å². The third kappa shape index (κ3) is 4.26. The number of pyridine rings is 1. The van der Waals surface area contributed by atoms with Crippen LogP contribution in [0.5, 0.6) is 0 Å². The summed E-state index contributed by atoms with van der Waals surface area (Å²) in [5, 5.41) is 4.83. The summed E-state index contributed by atoms with van der Waals surface area (Å²) in [6, 6.07) is 25.8. The molecule has 1 fully saturated rings. The van der Waals surface area contributed by atoms with Crippen molar-refractivity contribution in [3.63, 3.8) is 0 Å². The highest BCUT2D eigenvalue weighted by Gasteiger charge is 2.42. The molecule has 3 heterocycles. The monoisotopic (exact) mass is 473 g/mol. The van der Waals surface area contributed by atoms with Crippen molar-refractivity contribution in [2.24, 2.45) is 0 Å². The normalized spacial score (nSPS) is 18.1. The van der Waals surface area contributed by atoms with Crippen molar-refractivity contribution in [1.29, 1.82) is 0 Å². The van der Waals surface area contributed by atoms with Crippen LogP contribution in [0.1, 0.15) is 48.9 Å². The minimum absolute atomic E-state index is 0.146. The first-order valence-corrected chi connectivity index (χ1v) is 11.8. The van der Waals surface area contributed by atoms with E-state index >= 15 is 0 Å². The molecule has 0 saturated carbocycles. The van der Waals surface area contributed by atoms with Crippen LogP contribution in [0.4, 0.5) is 5.69 Å². The third-order valence-corrected chi connectivity index (χ3v) is 6.55. The van der Waals surface area contributed by atoms with Crippen LogP contribution in [0.2, 0.25) is 5.02 Å². The van der Waals surface area contributed by atoms with Crippen molar-refractivity contribution in [3.05, 3.63) is 107 Å². The Morgan fingerprint density at radius 1 is 0.970 bits per heavy atom. The summed E-state index contributed by atoms with van der Waals surface area (Å²) in [6.45, 7) is 4.39. The van der Waals surface area contributed by atoms with Crippen molar-refractivity contribution < 1.29 is 4.42 Å². The van der Waals surface area contributed by atoms with Gasteiger partial charge in [-0.15, -0.1) is 0 Å². The van der Waals surface area contributed by atoms with E-state index in [0.29, 0.717) is 16.1 Å². The predicted molar refractivity (Wildman–Crippen MR) is 138 cm³/mol. The minimum Gasteiger partial charge on any atom is -0.459 e. The Labute approximate surface area is 204 Å². The number of hydrogen-bond donors (Lipinski definition) is 1. The summed E-state index contributed by atoms with van der Waals surface area (Å²) < 4.78 is 6.40. The van der Waals surface area contributed by atoms with Gasteiger partial charge in [-0.1, -0.05) is 43.6 Å². The number of nitrogens with zero attached hydrogens (tertiary/aromatic N) is 2. The molecule has 0 unspecified atom stereocenters. The van der Waals surface area contributed by atoms with E-state index in [2.05, 4.69) is 53.3 Å². The molecular formula is C27H24ClN3OS. The van der Waals surface area contributed by atoms with Crippen LogP contribution >= 0.6 is 23.8 Å². The second-order valence-corrected chi connectivity index (χ2v) is 9.27. The summed E-state index contributed by atoms with van der Waals surface area (Å²) >= 11 is 11.9. The predicted octanol–water partition coefficient (Wildman–Crippen LogP) is 7.30. The molecule has 166 valence electrons. The van der Waals surface area contributed by atoms with Crippen molar-refractivity contribution in [2.45, 2.75) is 31.8 Å². The molecule has 0 amide bonds. The Morgan fingerprint density at radius 2 is 1.73 bits per heavy atom. The molecule has 1 N–H and O–H groups in total. The van der Waals surface area contributed by atoms with E-state index in [1.807, 2.05) is 54.6 Å². The second-order valence-electron chi connectivity index (χ2n) is 8.45. The maximum atomic E-state index is 6.40. The number of rotatable bonds is 5. The standard InChI is InChI=1S/C27H24ClN3OS/c1-17(2)18-8-12-21(13-9-18)31-26(25(30-27(31)33)22-5-3-4-16-29-22)24-15-14-23(32-24)19-6-10-20(28)11-7-19/h3-17,25-26H,1-2H3,(H,30,33)/t25-,26-/m1/s1. The molecule has 2 aromatic heterocycles. The van der Waals surface area contributed by atoms with Gasteiger partial charge < -0.3 is 14.6 Å². The number of benzene rings is 2. The fourth-order valence-corrected chi connectivity index (χ4v) is 4.69. The van der Waals surface area contributed by atoms with Crippen LogP contribution in [-0.4, -0.2) is 10.1 Å². The lowest BCUT2D eigenvalue weighted by Crippen LogP contribution is -2.29. The van der Waals surface area contributed by atoms with Crippen LogP contribution < -0.4 is 10.2 Å². The van der Waals surface area contributed by atoms with Gasteiger partial charge in [0.05, 0.1) is 11.7 Å². The van der Waals surface area contributed by atoms with Gasteiger partial charge in [0, 0.05) is 22.5 Å². The molecular weight excluding hydrogens is 450 g/mol. The fourth-order valence-electron chi connectivity index (χ4n) is 4.22. The molecule has 1 aliphatic heterocycles. The molecule has 2 aromatic carbocycles. The number of anilines is 1. The Bertz CT molecular complexity index is 1250. The first-order chi connectivity index (χ1) is 16.0. The average Bonchev–Trinajstić information content (AvgIpc) is 3.45. The number of furan rings is 1. The molecule has 4 aromatic rings. The molecule has 1 saturated heterocycles. The van der Waals surface area contributed by atoms with E-state index in [4.69, 9.17) is 28.2 Å². The Kier molecular flexibility index (Phi) is 5.92. The average molecular weight is 474 g/mol. The molecule has 0 aliphatic carbocycles. The SMILES string of the molecule is CC(C)c1ccc(N2C(=S)N[C@H](c3ccccn3)[C@H]2c2ccc(-c3ccc(Cl)cc3)o2)cc1. The van der Waals surface area contributed by atoms with Gasteiger partial charge in [-0.25, -0.2) is 0 Å². The summed E-state index contributed by atoms with van der Waals surface area (Å²) in [5.41, 5.74) is 4.19. The van der Waals surface area contributed by atoms with E-state index in [-0.39, 0.29) is 12.1 Å². The van der Waals surface area contributed by atoms with E-state index in [9.17, 15) is 0 Å². The number of hydrogen-bond acceptors (Lipinski definition) is 3. The molecule has 0 bridgehead atoms. The van der Waals surface area contributed by atoms with Gasteiger partial charge in [0.2, 0.25) is 0 Å². The third-order valence-electron chi connectivity index (χ3n) is 5.98. The van der Waals surface area contributed by atoms with Crippen molar-refractivity contribution in [2.75, 3.05) is 4.90 Å². The Balaban J connectivity index is 1.57. The van der Waals surface area contributed by atoms with Crippen molar-refractivity contribution >= 4 is 34.6 Å². The van der Waals surface area contributed by atoms with E-state index in [0.717, 1.165) is 28.5 Å². The summed E-state index contributed by atoms with van der Waals surface area (Å²) in [7, 11) is 0. The summed E-state index contributed by atoms with van der Waals surface area (Å²) in [4.78, 5) is 6.73. The molecule has 0 radical (unpaired) electrons. The highest BCUT2D eigenvalue weighted by Crippen LogP contribution is 2.43. The minimum atomic E-state index is -0.182. The zero-order valence-corrected chi connectivity index (χ0v) is 20.0. The van der Waals surface area contributed by atoms with Crippen molar-refractivity contribution in [3.8, 4) is 11.3 Å². The van der Waals surface area contributed by atoms with E-state index in [1.54, 1.807) is 6.20 Å². The quantitative estimate of drug-likeness (QED) is 0.308. The van der Waals surface area contributed by atoms with Crippen LogP contribution in [0.25, 0.3) is 11.3 Å². The zero-order chi connectivity index (χ0) is 22.9. The van der Waals surface area contributed by atoms with Crippen LogP contribution in [0.3, 0.4) is 0 Å².